The van der Waals surface area contributed by atoms with Gasteiger partial charge >= 0.3 is 0 Å². The van der Waals surface area contributed by atoms with Gasteiger partial charge < -0.3 is 26.4 Å². The smallest absolute Gasteiger partial charge is 0.287 e. The number of aliphatic hydroxyl groups is 1. The van der Waals surface area contributed by atoms with Crippen molar-refractivity contribution in [3.8, 4) is 0 Å². The van der Waals surface area contributed by atoms with Gasteiger partial charge in [-0.2, -0.15) is 0 Å². The molecule has 2 unspecified atom stereocenters. The quantitative estimate of drug-likeness (QED) is 0.0839. The van der Waals surface area contributed by atoms with Crippen LogP contribution in [-0.4, -0.2) is 83.0 Å². The fourth-order valence-electron chi connectivity index (χ4n) is 5.83. The molecule has 0 aromatic carbocycles. The van der Waals surface area contributed by atoms with Gasteiger partial charge in [-0.15, -0.1) is 0 Å². The van der Waals surface area contributed by atoms with Crippen molar-refractivity contribution in [1.29, 1.82) is 0 Å². The largest absolute Gasteiger partial charge is 0.365 e. The Hall–Kier alpha value is -2.83. The maximum Gasteiger partial charge on any atom is 0.287 e. The van der Waals surface area contributed by atoms with Crippen LogP contribution in [0.4, 0.5) is 0 Å². The SMILES string of the molecule is CC(C)=C[C@H]1CCN(C(=O)[C@@H](NC(O)N[C@H](C(=O)NCC2CC2)C(C)C)C(C)(C)C)[C@@H]1C(=O)NC(CC1CC1)C(=O)C(N)=O. The van der Waals surface area contributed by atoms with Crippen LogP contribution in [0.15, 0.2) is 11.6 Å². The van der Waals surface area contributed by atoms with Gasteiger partial charge in [0.15, 0.2) is 6.35 Å². The number of Topliss-reactive ketones (excluding diaryl/α,β-unsaturated/α-hetero) is 1. The summed E-state index contributed by atoms with van der Waals surface area (Å²) in [6.45, 7) is 14.0. The lowest BCUT2D eigenvalue weighted by molar-refractivity contribution is -0.145. The van der Waals surface area contributed by atoms with Gasteiger partial charge in [-0.25, -0.2) is 0 Å². The Bertz CT molecular complexity index is 1110. The van der Waals surface area contributed by atoms with E-state index < -0.39 is 53.5 Å². The van der Waals surface area contributed by atoms with Gasteiger partial charge in [0.2, 0.25) is 23.5 Å². The maximum absolute atomic E-state index is 14.2. The number of hydrogen-bond acceptors (Lipinski definition) is 8. The Labute approximate surface area is 261 Å². The Balaban J connectivity index is 1.80. The minimum atomic E-state index is -1.39. The number of carbonyl (C=O) groups excluding carboxylic acids is 5. The number of aliphatic hydroxyl groups excluding tert-OH is 1. The summed E-state index contributed by atoms with van der Waals surface area (Å²) in [7, 11) is 0. The molecule has 2 saturated carbocycles. The molecule has 0 bridgehead atoms. The Kier molecular flexibility index (Phi) is 12.1. The van der Waals surface area contributed by atoms with Gasteiger partial charge in [-0.3, -0.25) is 34.6 Å². The molecule has 44 heavy (non-hydrogen) atoms. The molecule has 1 heterocycles. The van der Waals surface area contributed by atoms with Crippen molar-refractivity contribution in [1.82, 2.24) is 26.2 Å². The van der Waals surface area contributed by atoms with E-state index in [-0.39, 0.29) is 29.6 Å². The lowest BCUT2D eigenvalue weighted by Gasteiger charge is -2.38. The maximum atomic E-state index is 14.2. The number of likely N-dealkylation sites (tertiary alicyclic amines) is 1. The fraction of sp³-hybridized carbons (Fsp3) is 0.781. The van der Waals surface area contributed by atoms with Gasteiger partial charge in [-0.05, 0) is 62.7 Å². The number of primary amides is 1. The van der Waals surface area contributed by atoms with Crippen molar-refractivity contribution in [3.05, 3.63) is 11.6 Å². The van der Waals surface area contributed by atoms with Crippen LogP contribution in [0.2, 0.25) is 0 Å². The minimum Gasteiger partial charge on any atom is -0.365 e. The molecule has 3 fully saturated rings. The Morgan fingerprint density at radius 1 is 0.977 bits per heavy atom. The number of ketones is 1. The predicted molar refractivity (Wildman–Crippen MR) is 166 cm³/mol. The lowest BCUT2D eigenvalue weighted by Crippen LogP contribution is -2.64. The number of amides is 4. The summed E-state index contributed by atoms with van der Waals surface area (Å²) in [6.07, 6.45) is 5.47. The Morgan fingerprint density at radius 3 is 2.09 bits per heavy atom. The average molecular weight is 619 g/mol. The first-order valence-corrected chi connectivity index (χ1v) is 16.1. The molecule has 7 N–H and O–H groups in total. The van der Waals surface area contributed by atoms with E-state index in [9.17, 15) is 29.1 Å². The second-order valence-corrected chi connectivity index (χ2v) is 14.6. The zero-order valence-corrected chi connectivity index (χ0v) is 27.4. The van der Waals surface area contributed by atoms with Gasteiger partial charge in [0.25, 0.3) is 5.91 Å². The van der Waals surface area contributed by atoms with Gasteiger partial charge in [-0.1, -0.05) is 59.1 Å². The van der Waals surface area contributed by atoms with Crippen LogP contribution in [-0.2, 0) is 24.0 Å². The number of nitrogens with zero attached hydrogens (tertiary/aromatic N) is 1. The third-order valence-corrected chi connectivity index (χ3v) is 8.67. The third kappa shape index (κ3) is 10.1. The van der Waals surface area contributed by atoms with Crippen molar-refractivity contribution in [2.75, 3.05) is 13.1 Å². The zero-order valence-electron chi connectivity index (χ0n) is 27.4. The van der Waals surface area contributed by atoms with E-state index in [2.05, 4.69) is 21.3 Å². The fourth-order valence-corrected chi connectivity index (χ4v) is 5.83. The van der Waals surface area contributed by atoms with Crippen LogP contribution >= 0.6 is 0 Å². The van der Waals surface area contributed by atoms with E-state index in [4.69, 9.17) is 5.73 Å². The molecule has 12 heteroatoms. The van der Waals surface area contributed by atoms with Crippen LogP contribution in [0.5, 0.6) is 0 Å². The summed E-state index contributed by atoms with van der Waals surface area (Å²) in [5.74, 6) is -2.74. The molecular weight excluding hydrogens is 564 g/mol. The summed E-state index contributed by atoms with van der Waals surface area (Å²) in [6, 6.07) is -3.58. The first-order chi connectivity index (χ1) is 20.5. The van der Waals surface area contributed by atoms with E-state index in [1.165, 1.54) is 4.90 Å². The molecule has 2 aliphatic carbocycles. The molecular formula is C32H54N6O6. The van der Waals surface area contributed by atoms with Crippen LogP contribution in [0.1, 0.15) is 87.0 Å². The zero-order chi connectivity index (χ0) is 32.9. The molecule has 12 nitrogen and oxygen atoms in total. The second-order valence-electron chi connectivity index (χ2n) is 14.6. The van der Waals surface area contributed by atoms with E-state index in [0.717, 1.165) is 31.3 Å². The van der Waals surface area contributed by atoms with Crippen LogP contribution < -0.4 is 27.0 Å². The molecule has 248 valence electrons. The Morgan fingerprint density at radius 2 is 1.59 bits per heavy atom. The van der Waals surface area contributed by atoms with Crippen LogP contribution in [0.25, 0.3) is 0 Å². The van der Waals surface area contributed by atoms with E-state index in [1.54, 1.807) is 0 Å². The standard InChI is InChI=1S/C32H54N6O6/c1-17(2)14-21-12-13-38(24(21)29(42)35-22(15-19-8-9-19)25(39)27(33)40)30(43)26(32(5,6)7)37-31(44)36-23(18(3)4)28(41)34-16-20-10-11-20/h14,18-24,26,31,36-37,44H,8-13,15-16H2,1-7H3,(H2,33,40)(H,34,41)(H,35,42)/t21-,22?,23+,24+,26-,31?/m1/s1. The molecule has 0 radical (unpaired) electrons. The molecule has 3 rings (SSSR count). The molecule has 0 spiro atoms. The van der Waals surface area contributed by atoms with Crippen LogP contribution in [0.3, 0.4) is 0 Å². The molecule has 1 saturated heterocycles. The summed E-state index contributed by atoms with van der Waals surface area (Å²) in [5.41, 5.74) is 5.59. The van der Waals surface area contributed by atoms with Gasteiger partial charge in [0.1, 0.15) is 6.04 Å². The number of carbonyl (C=O) groups is 5. The van der Waals surface area contributed by atoms with E-state index in [0.29, 0.717) is 31.8 Å². The predicted octanol–water partition coefficient (Wildman–Crippen LogP) is 0.930. The normalized spacial score (nSPS) is 23.0. The number of hydrogen-bond donors (Lipinski definition) is 6. The molecule has 0 aromatic heterocycles. The highest BCUT2D eigenvalue weighted by Crippen LogP contribution is 2.35. The number of nitrogens with two attached hydrogens (primary N) is 1. The molecule has 0 aromatic rings. The van der Waals surface area contributed by atoms with Crippen molar-refractivity contribution in [2.45, 2.75) is 118 Å². The van der Waals surface area contributed by atoms with Gasteiger partial charge in [0.05, 0.1) is 18.1 Å². The highest BCUT2D eigenvalue weighted by molar-refractivity contribution is 6.37. The first-order valence-electron chi connectivity index (χ1n) is 16.1. The molecule has 6 atom stereocenters. The second kappa shape index (κ2) is 15.0. The lowest BCUT2D eigenvalue weighted by atomic mass is 9.85. The topological polar surface area (TPSA) is 183 Å². The van der Waals surface area contributed by atoms with Crippen LogP contribution in [0, 0.1) is 29.1 Å². The third-order valence-electron chi connectivity index (χ3n) is 8.67. The summed E-state index contributed by atoms with van der Waals surface area (Å²) in [5, 5.41) is 22.7. The molecule has 3 aliphatic rings. The first kappa shape index (κ1) is 35.6. The van der Waals surface area contributed by atoms with Crippen molar-refractivity contribution in [3.63, 3.8) is 0 Å². The minimum absolute atomic E-state index is 0.127. The average Bonchev–Trinajstić information content (AvgIpc) is 3.85. The van der Waals surface area contributed by atoms with Crippen molar-refractivity contribution < 1.29 is 29.1 Å². The van der Waals surface area contributed by atoms with Crippen molar-refractivity contribution in [2.24, 2.45) is 34.8 Å². The highest BCUT2D eigenvalue weighted by Gasteiger charge is 2.46. The summed E-state index contributed by atoms with van der Waals surface area (Å²) in [4.78, 5) is 66.8. The van der Waals surface area contributed by atoms with E-state index in [1.807, 2.05) is 54.5 Å². The molecule has 1 aliphatic heterocycles. The molecule has 4 amide bonds. The monoisotopic (exact) mass is 618 g/mol. The highest BCUT2D eigenvalue weighted by atomic mass is 16.3. The van der Waals surface area contributed by atoms with E-state index >= 15 is 0 Å². The van der Waals surface area contributed by atoms with Gasteiger partial charge in [0, 0.05) is 19.0 Å². The number of nitrogens with one attached hydrogen (secondary N) is 4. The van der Waals surface area contributed by atoms with Crippen molar-refractivity contribution >= 4 is 29.4 Å². The summed E-state index contributed by atoms with van der Waals surface area (Å²) >= 11 is 0. The summed E-state index contributed by atoms with van der Waals surface area (Å²) < 4.78 is 0. The number of allylic oxidation sites excluding steroid dienone is 1. The number of rotatable bonds is 16.